The van der Waals surface area contributed by atoms with Crippen LogP contribution >= 0.6 is 15.9 Å². The molecule has 0 spiro atoms. The molecule has 1 aliphatic carbocycles. The minimum Gasteiger partial charge on any atom is -0.353 e. The van der Waals surface area contributed by atoms with Crippen LogP contribution in [-0.4, -0.2) is 24.1 Å². The Kier molecular flexibility index (Phi) is 4.40. The fourth-order valence-electron chi connectivity index (χ4n) is 2.83. The van der Waals surface area contributed by atoms with E-state index in [0.29, 0.717) is 12.0 Å². The van der Waals surface area contributed by atoms with Gasteiger partial charge in [-0.25, -0.2) is 4.98 Å². The lowest BCUT2D eigenvalue weighted by atomic mass is 10.0. The van der Waals surface area contributed by atoms with Gasteiger partial charge in [0.05, 0.1) is 4.47 Å². The molecule has 1 aliphatic rings. The molecular formula is C13H20BrN3. The highest BCUT2D eigenvalue weighted by atomic mass is 79.9. The number of hydrogen-bond acceptors (Lipinski definition) is 3. The first-order chi connectivity index (χ1) is 8.27. The number of rotatable bonds is 4. The van der Waals surface area contributed by atoms with E-state index in [1.165, 1.54) is 19.3 Å². The van der Waals surface area contributed by atoms with E-state index in [2.05, 4.69) is 38.8 Å². The van der Waals surface area contributed by atoms with Crippen molar-refractivity contribution in [3.8, 4) is 0 Å². The Hall–Kier alpha value is -0.610. The Balaban J connectivity index is 2.24. The van der Waals surface area contributed by atoms with E-state index in [-0.39, 0.29) is 0 Å². The van der Waals surface area contributed by atoms with Crippen LogP contribution in [0, 0.1) is 5.92 Å². The zero-order valence-corrected chi connectivity index (χ0v) is 11.9. The first-order valence-electron chi connectivity index (χ1n) is 6.35. The normalized spacial score (nSPS) is 23.9. The second kappa shape index (κ2) is 5.83. The van der Waals surface area contributed by atoms with Crippen molar-refractivity contribution in [2.75, 3.05) is 18.0 Å². The minimum absolute atomic E-state index is 0.552. The molecule has 1 aromatic heterocycles. The first kappa shape index (κ1) is 12.8. The minimum atomic E-state index is 0.552. The van der Waals surface area contributed by atoms with Crippen molar-refractivity contribution < 1.29 is 0 Å². The lowest BCUT2D eigenvalue weighted by Crippen LogP contribution is -2.41. The maximum atomic E-state index is 5.87. The van der Waals surface area contributed by atoms with Gasteiger partial charge in [-0.1, -0.05) is 6.42 Å². The van der Waals surface area contributed by atoms with E-state index in [4.69, 9.17) is 5.73 Å². The second-order valence-electron chi connectivity index (χ2n) is 4.59. The van der Waals surface area contributed by atoms with Crippen LogP contribution in [0.1, 0.15) is 26.2 Å². The summed E-state index contributed by atoms with van der Waals surface area (Å²) in [7, 11) is 0. The van der Waals surface area contributed by atoms with Crippen LogP contribution in [0.3, 0.4) is 0 Å². The first-order valence-corrected chi connectivity index (χ1v) is 7.14. The molecule has 0 aromatic carbocycles. The molecule has 0 saturated heterocycles. The standard InChI is InChI=1S/C13H20BrN3/c1-2-17(12-7-3-5-10(12)9-15)13-11(14)6-4-8-16-13/h4,6,8,10,12H,2-3,5,7,9,15H2,1H3. The number of nitrogens with zero attached hydrogens (tertiary/aromatic N) is 2. The summed E-state index contributed by atoms with van der Waals surface area (Å²) in [6.45, 7) is 3.95. The number of aromatic nitrogens is 1. The van der Waals surface area contributed by atoms with Gasteiger partial charge in [-0.2, -0.15) is 0 Å². The van der Waals surface area contributed by atoms with Gasteiger partial charge in [0.15, 0.2) is 0 Å². The molecule has 0 radical (unpaired) electrons. The lowest BCUT2D eigenvalue weighted by molar-refractivity contribution is 0.459. The van der Waals surface area contributed by atoms with E-state index in [1.807, 2.05) is 12.3 Å². The molecule has 94 valence electrons. The van der Waals surface area contributed by atoms with E-state index < -0.39 is 0 Å². The van der Waals surface area contributed by atoms with Gasteiger partial charge in [0, 0.05) is 18.8 Å². The SMILES string of the molecule is CCN(c1ncccc1Br)C1CCCC1CN. The molecule has 2 atom stereocenters. The van der Waals surface area contributed by atoms with Crippen LogP contribution in [0.4, 0.5) is 5.82 Å². The predicted molar refractivity (Wildman–Crippen MR) is 75.1 cm³/mol. The van der Waals surface area contributed by atoms with Gasteiger partial charge in [0.25, 0.3) is 0 Å². The summed E-state index contributed by atoms with van der Waals surface area (Å²) in [4.78, 5) is 6.90. The molecule has 2 rings (SSSR count). The van der Waals surface area contributed by atoms with Gasteiger partial charge in [0.2, 0.25) is 0 Å². The van der Waals surface area contributed by atoms with Gasteiger partial charge < -0.3 is 10.6 Å². The molecule has 1 heterocycles. The molecule has 0 bridgehead atoms. The Morgan fingerprint density at radius 2 is 2.35 bits per heavy atom. The topological polar surface area (TPSA) is 42.2 Å². The molecule has 1 saturated carbocycles. The van der Waals surface area contributed by atoms with Crippen molar-refractivity contribution >= 4 is 21.7 Å². The molecule has 0 amide bonds. The molecule has 4 heteroatoms. The van der Waals surface area contributed by atoms with E-state index >= 15 is 0 Å². The molecule has 2 N–H and O–H groups in total. The van der Waals surface area contributed by atoms with E-state index in [1.54, 1.807) is 0 Å². The number of nitrogens with two attached hydrogens (primary N) is 1. The summed E-state index contributed by atoms with van der Waals surface area (Å²) in [5, 5.41) is 0. The smallest absolute Gasteiger partial charge is 0.143 e. The van der Waals surface area contributed by atoms with Crippen molar-refractivity contribution in [3.63, 3.8) is 0 Å². The maximum Gasteiger partial charge on any atom is 0.143 e. The van der Waals surface area contributed by atoms with Gasteiger partial charge in [-0.05, 0) is 60.3 Å². The Morgan fingerprint density at radius 3 is 3.00 bits per heavy atom. The average Bonchev–Trinajstić information content (AvgIpc) is 2.81. The van der Waals surface area contributed by atoms with Gasteiger partial charge in [-0.15, -0.1) is 0 Å². The van der Waals surface area contributed by atoms with Crippen LogP contribution in [0.2, 0.25) is 0 Å². The Bertz CT molecular complexity index is 369. The third-order valence-electron chi connectivity index (χ3n) is 3.67. The summed E-state index contributed by atoms with van der Waals surface area (Å²) < 4.78 is 1.07. The number of pyridine rings is 1. The largest absolute Gasteiger partial charge is 0.353 e. The quantitative estimate of drug-likeness (QED) is 0.929. The van der Waals surface area contributed by atoms with E-state index in [9.17, 15) is 0 Å². The zero-order chi connectivity index (χ0) is 12.3. The zero-order valence-electron chi connectivity index (χ0n) is 10.3. The van der Waals surface area contributed by atoms with Crippen molar-refractivity contribution in [1.29, 1.82) is 0 Å². The molecule has 2 unspecified atom stereocenters. The van der Waals surface area contributed by atoms with Crippen molar-refractivity contribution in [2.45, 2.75) is 32.2 Å². The Morgan fingerprint density at radius 1 is 1.53 bits per heavy atom. The van der Waals surface area contributed by atoms with Crippen LogP contribution < -0.4 is 10.6 Å². The van der Waals surface area contributed by atoms with Crippen molar-refractivity contribution in [3.05, 3.63) is 22.8 Å². The highest BCUT2D eigenvalue weighted by Gasteiger charge is 2.31. The summed E-state index contributed by atoms with van der Waals surface area (Å²) in [5.74, 6) is 1.67. The lowest BCUT2D eigenvalue weighted by Gasteiger charge is -2.33. The molecule has 3 nitrogen and oxygen atoms in total. The molecule has 0 aliphatic heterocycles. The number of hydrogen-bond donors (Lipinski definition) is 1. The summed E-state index contributed by atoms with van der Waals surface area (Å²) >= 11 is 3.59. The van der Waals surface area contributed by atoms with Gasteiger partial charge in [-0.3, -0.25) is 0 Å². The molecule has 1 aromatic rings. The van der Waals surface area contributed by atoms with Crippen LogP contribution in [0.25, 0.3) is 0 Å². The van der Waals surface area contributed by atoms with Crippen LogP contribution in [0.5, 0.6) is 0 Å². The number of halogens is 1. The third-order valence-corrected chi connectivity index (χ3v) is 4.29. The van der Waals surface area contributed by atoms with Crippen LogP contribution in [-0.2, 0) is 0 Å². The number of anilines is 1. The summed E-state index contributed by atoms with van der Waals surface area (Å²) in [6, 6.07) is 4.56. The highest BCUT2D eigenvalue weighted by molar-refractivity contribution is 9.10. The second-order valence-corrected chi connectivity index (χ2v) is 5.44. The van der Waals surface area contributed by atoms with E-state index in [0.717, 1.165) is 23.4 Å². The predicted octanol–water partition coefficient (Wildman–Crippen LogP) is 2.80. The Labute approximate surface area is 112 Å². The molecular weight excluding hydrogens is 278 g/mol. The van der Waals surface area contributed by atoms with Gasteiger partial charge in [0.1, 0.15) is 5.82 Å². The molecule has 17 heavy (non-hydrogen) atoms. The van der Waals surface area contributed by atoms with Gasteiger partial charge >= 0.3 is 0 Å². The average molecular weight is 298 g/mol. The van der Waals surface area contributed by atoms with Crippen molar-refractivity contribution in [1.82, 2.24) is 4.98 Å². The summed E-state index contributed by atoms with van der Waals surface area (Å²) in [6.07, 6.45) is 5.63. The fraction of sp³-hybridized carbons (Fsp3) is 0.615. The maximum absolute atomic E-state index is 5.87. The molecule has 1 fully saturated rings. The fourth-order valence-corrected chi connectivity index (χ4v) is 3.32. The summed E-state index contributed by atoms with van der Waals surface area (Å²) in [5.41, 5.74) is 5.87. The highest BCUT2D eigenvalue weighted by Crippen LogP contribution is 2.34. The van der Waals surface area contributed by atoms with Crippen molar-refractivity contribution in [2.24, 2.45) is 11.7 Å². The monoisotopic (exact) mass is 297 g/mol. The third kappa shape index (κ3) is 2.63. The van der Waals surface area contributed by atoms with Crippen LogP contribution in [0.15, 0.2) is 22.8 Å².